The van der Waals surface area contributed by atoms with Crippen LogP contribution in [-0.4, -0.2) is 41.6 Å². The van der Waals surface area contributed by atoms with Gasteiger partial charge in [0, 0.05) is 24.5 Å². The number of hydrogen-bond acceptors (Lipinski definition) is 3. The molecule has 1 saturated carbocycles. The predicted octanol–water partition coefficient (Wildman–Crippen LogP) is 2.19. The van der Waals surface area contributed by atoms with Crippen molar-refractivity contribution in [1.82, 2.24) is 10.2 Å². The third-order valence-corrected chi connectivity index (χ3v) is 4.45. The highest BCUT2D eigenvalue weighted by atomic mass is 32.1. The highest BCUT2D eigenvalue weighted by molar-refractivity contribution is 7.09. The number of amides is 2. The Bertz CT molecular complexity index is 457. The summed E-state index contributed by atoms with van der Waals surface area (Å²) in [6, 6.07) is 3.63. The maximum Gasteiger partial charge on any atom is 0.317 e. The van der Waals surface area contributed by atoms with Gasteiger partial charge in [0.1, 0.15) is 0 Å². The molecule has 20 heavy (non-hydrogen) atoms. The summed E-state index contributed by atoms with van der Waals surface area (Å²) in [5, 5.41) is 13.7. The smallest absolute Gasteiger partial charge is 0.317 e. The molecule has 2 N–H and O–H groups in total. The van der Waals surface area contributed by atoms with E-state index >= 15 is 0 Å². The summed E-state index contributed by atoms with van der Waals surface area (Å²) in [5.74, 6) is -0.524. The number of carboxylic acids is 1. The van der Waals surface area contributed by atoms with Crippen molar-refractivity contribution in [2.24, 2.45) is 5.92 Å². The average molecular weight is 296 g/mol. The average Bonchev–Trinajstić information content (AvgIpc) is 3.11. The Morgan fingerprint density at radius 2 is 2.30 bits per heavy atom. The van der Waals surface area contributed by atoms with E-state index in [2.05, 4.69) is 5.32 Å². The highest BCUT2D eigenvalue weighted by Gasteiger charge is 2.34. The molecule has 0 spiro atoms. The first-order chi connectivity index (χ1) is 9.56. The van der Waals surface area contributed by atoms with Crippen LogP contribution >= 0.6 is 11.3 Å². The minimum atomic E-state index is -0.858. The summed E-state index contributed by atoms with van der Waals surface area (Å²) in [5.41, 5.74) is 0. The summed E-state index contributed by atoms with van der Waals surface area (Å²) < 4.78 is 0. The fourth-order valence-corrected chi connectivity index (χ4v) is 2.82. The molecule has 0 aliphatic heterocycles. The summed E-state index contributed by atoms with van der Waals surface area (Å²) in [6.07, 6.45) is 2.86. The number of hydrogen-bond donors (Lipinski definition) is 2. The van der Waals surface area contributed by atoms with Crippen molar-refractivity contribution in [2.75, 3.05) is 13.6 Å². The molecule has 1 unspecified atom stereocenters. The first kappa shape index (κ1) is 14.8. The van der Waals surface area contributed by atoms with Crippen LogP contribution < -0.4 is 5.32 Å². The van der Waals surface area contributed by atoms with E-state index in [4.69, 9.17) is 5.11 Å². The van der Waals surface area contributed by atoms with Crippen molar-refractivity contribution in [3.63, 3.8) is 0 Å². The summed E-state index contributed by atoms with van der Waals surface area (Å²) in [6.45, 7) is 0.636. The van der Waals surface area contributed by atoms with E-state index in [1.54, 1.807) is 23.3 Å². The minimum absolute atomic E-state index is 0.00910. The molecule has 1 aliphatic carbocycles. The van der Waals surface area contributed by atoms with E-state index in [1.807, 2.05) is 17.5 Å². The van der Waals surface area contributed by atoms with Gasteiger partial charge in [0.25, 0.3) is 0 Å². The van der Waals surface area contributed by atoms with Crippen LogP contribution in [0.25, 0.3) is 0 Å². The number of rotatable bonds is 7. The molecule has 1 atom stereocenters. The van der Waals surface area contributed by atoms with E-state index in [0.29, 0.717) is 12.5 Å². The van der Waals surface area contributed by atoms with Gasteiger partial charge in [-0.25, -0.2) is 4.79 Å². The maximum absolute atomic E-state index is 12.1. The van der Waals surface area contributed by atoms with Crippen molar-refractivity contribution >= 4 is 23.3 Å². The Morgan fingerprint density at radius 1 is 1.55 bits per heavy atom. The number of carbonyl (C=O) groups excluding carboxylic acids is 1. The van der Waals surface area contributed by atoms with Crippen LogP contribution in [0.4, 0.5) is 4.79 Å². The summed E-state index contributed by atoms with van der Waals surface area (Å²) in [7, 11) is 1.74. The minimum Gasteiger partial charge on any atom is -0.481 e. The third kappa shape index (κ3) is 4.52. The molecule has 6 heteroatoms. The fraction of sp³-hybridized carbons (Fsp3) is 0.571. The van der Waals surface area contributed by atoms with Gasteiger partial charge in [0.15, 0.2) is 0 Å². The van der Waals surface area contributed by atoms with Crippen LogP contribution in [0, 0.1) is 5.92 Å². The van der Waals surface area contributed by atoms with E-state index in [0.717, 1.165) is 19.3 Å². The van der Waals surface area contributed by atoms with Crippen LogP contribution in [0.15, 0.2) is 17.5 Å². The molecule has 1 aromatic rings. The maximum atomic E-state index is 12.1. The van der Waals surface area contributed by atoms with Crippen molar-refractivity contribution in [1.29, 1.82) is 0 Å². The lowest BCUT2D eigenvalue weighted by Crippen LogP contribution is -2.45. The predicted molar refractivity (Wildman–Crippen MR) is 77.9 cm³/mol. The lowest BCUT2D eigenvalue weighted by Gasteiger charge is -2.22. The van der Waals surface area contributed by atoms with Gasteiger partial charge in [-0.15, -0.1) is 11.3 Å². The molecular weight excluding hydrogens is 276 g/mol. The molecule has 1 heterocycles. The van der Waals surface area contributed by atoms with E-state index < -0.39 is 5.97 Å². The first-order valence-electron chi connectivity index (χ1n) is 6.82. The van der Waals surface area contributed by atoms with Crippen molar-refractivity contribution in [2.45, 2.75) is 31.7 Å². The van der Waals surface area contributed by atoms with Crippen molar-refractivity contribution in [3.05, 3.63) is 22.4 Å². The third-order valence-electron chi connectivity index (χ3n) is 3.51. The zero-order valence-corrected chi connectivity index (χ0v) is 12.4. The molecule has 5 nitrogen and oxygen atoms in total. The lowest BCUT2D eigenvalue weighted by atomic mass is 10.1. The normalized spacial score (nSPS) is 15.7. The molecular formula is C14H20N2O3S. The Morgan fingerprint density at radius 3 is 2.85 bits per heavy atom. The van der Waals surface area contributed by atoms with E-state index in [-0.39, 0.29) is 18.5 Å². The van der Waals surface area contributed by atoms with Crippen LogP contribution in [0.5, 0.6) is 0 Å². The zero-order chi connectivity index (χ0) is 14.5. The molecule has 2 amide bonds. The van der Waals surface area contributed by atoms with Crippen LogP contribution in [0.1, 0.15) is 24.1 Å². The quantitative estimate of drug-likeness (QED) is 0.810. The molecule has 110 valence electrons. The molecule has 1 aliphatic rings. The second-order valence-electron chi connectivity index (χ2n) is 5.24. The van der Waals surface area contributed by atoms with Crippen molar-refractivity contribution in [3.8, 4) is 0 Å². The topological polar surface area (TPSA) is 69.6 Å². The fourth-order valence-electron chi connectivity index (χ4n) is 2.13. The van der Waals surface area contributed by atoms with Gasteiger partial charge >= 0.3 is 12.0 Å². The Labute approximate surface area is 122 Å². The number of carbonyl (C=O) groups is 2. The summed E-state index contributed by atoms with van der Waals surface area (Å²) in [4.78, 5) is 25.7. The molecule has 0 saturated heterocycles. The SMILES string of the molecule is CN(CCc1cccs1)C(=O)NC(CC(=O)O)C1CC1. The number of nitrogens with one attached hydrogen (secondary N) is 1. The largest absolute Gasteiger partial charge is 0.481 e. The number of thiophene rings is 1. The molecule has 1 fully saturated rings. The van der Waals surface area contributed by atoms with E-state index in [1.165, 1.54) is 4.88 Å². The Balaban J connectivity index is 1.78. The number of likely N-dealkylation sites (N-methyl/N-ethyl adjacent to an activating group) is 1. The Kier molecular flexibility index (Phi) is 5.00. The van der Waals surface area contributed by atoms with Gasteiger partial charge in [0.2, 0.25) is 0 Å². The van der Waals surface area contributed by atoms with Crippen LogP contribution in [0.3, 0.4) is 0 Å². The zero-order valence-electron chi connectivity index (χ0n) is 11.5. The highest BCUT2D eigenvalue weighted by Crippen LogP contribution is 2.34. The van der Waals surface area contributed by atoms with E-state index in [9.17, 15) is 9.59 Å². The number of aliphatic carboxylic acids is 1. The standard InChI is InChI=1S/C14H20N2O3S/c1-16(7-6-11-3-2-8-20-11)14(19)15-12(9-13(17)18)10-4-5-10/h2-3,8,10,12H,4-7,9H2,1H3,(H,15,19)(H,17,18). The second kappa shape index (κ2) is 6.74. The van der Waals surface area contributed by atoms with Gasteiger partial charge in [-0.2, -0.15) is 0 Å². The second-order valence-corrected chi connectivity index (χ2v) is 6.27. The van der Waals surface area contributed by atoms with Gasteiger partial charge in [-0.1, -0.05) is 6.07 Å². The summed E-state index contributed by atoms with van der Waals surface area (Å²) >= 11 is 1.68. The van der Waals surface area contributed by atoms with Crippen molar-refractivity contribution < 1.29 is 14.7 Å². The molecule has 2 rings (SSSR count). The van der Waals surface area contributed by atoms with Gasteiger partial charge in [-0.3, -0.25) is 4.79 Å². The monoisotopic (exact) mass is 296 g/mol. The molecule has 0 bridgehead atoms. The van der Waals surface area contributed by atoms with Crippen LogP contribution in [0.2, 0.25) is 0 Å². The first-order valence-corrected chi connectivity index (χ1v) is 7.70. The number of nitrogens with zero attached hydrogens (tertiary/aromatic N) is 1. The lowest BCUT2D eigenvalue weighted by molar-refractivity contribution is -0.137. The molecule has 0 radical (unpaired) electrons. The Hall–Kier alpha value is -1.56. The number of carboxylic acid groups (broad SMARTS) is 1. The van der Waals surface area contributed by atoms with Gasteiger partial charge in [0.05, 0.1) is 6.42 Å². The molecule has 0 aromatic carbocycles. The number of urea groups is 1. The van der Waals surface area contributed by atoms with Crippen LogP contribution in [-0.2, 0) is 11.2 Å². The molecule has 1 aromatic heterocycles. The van der Waals surface area contributed by atoms with Gasteiger partial charge < -0.3 is 15.3 Å². The van der Waals surface area contributed by atoms with Gasteiger partial charge in [-0.05, 0) is 36.6 Å².